The van der Waals surface area contributed by atoms with Gasteiger partial charge in [0, 0.05) is 37.5 Å². The minimum absolute atomic E-state index is 0.180. The standard InChI is InChI=1S/C15H18N2O4/c1-21-10-9-17(12-5-6-12)15(20)14-11(3-2-8-16-14)4-7-13(18)19/h2-4,7-8,12H,5-6,9-10H2,1H3,(H,18,19)/b7-4+. The molecule has 0 bridgehead atoms. The lowest BCUT2D eigenvalue weighted by Crippen LogP contribution is -2.36. The van der Waals surface area contributed by atoms with Crippen LogP contribution in [-0.2, 0) is 9.53 Å². The molecule has 1 amide bonds. The van der Waals surface area contributed by atoms with Crippen LogP contribution in [0.4, 0.5) is 0 Å². The first-order valence-corrected chi connectivity index (χ1v) is 6.79. The molecule has 1 fully saturated rings. The van der Waals surface area contributed by atoms with Crippen molar-refractivity contribution < 1.29 is 19.4 Å². The molecule has 1 heterocycles. The Kier molecular flexibility index (Phi) is 5.05. The first-order chi connectivity index (χ1) is 10.1. The van der Waals surface area contributed by atoms with E-state index in [0.717, 1.165) is 18.9 Å². The number of hydrogen-bond donors (Lipinski definition) is 1. The summed E-state index contributed by atoms with van der Waals surface area (Å²) >= 11 is 0. The van der Waals surface area contributed by atoms with E-state index in [0.29, 0.717) is 18.7 Å². The van der Waals surface area contributed by atoms with Crippen molar-refractivity contribution in [2.45, 2.75) is 18.9 Å². The molecule has 112 valence electrons. The smallest absolute Gasteiger partial charge is 0.328 e. The van der Waals surface area contributed by atoms with Crippen molar-refractivity contribution >= 4 is 18.0 Å². The summed E-state index contributed by atoms with van der Waals surface area (Å²) in [6.07, 6.45) is 5.91. The number of ether oxygens (including phenoxy) is 1. The summed E-state index contributed by atoms with van der Waals surface area (Å²) in [5.41, 5.74) is 0.783. The molecule has 21 heavy (non-hydrogen) atoms. The van der Waals surface area contributed by atoms with E-state index >= 15 is 0 Å². The molecule has 6 heteroatoms. The fourth-order valence-corrected chi connectivity index (χ4v) is 2.05. The van der Waals surface area contributed by atoms with Crippen LogP contribution in [-0.4, -0.2) is 53.2 Å². The number of pyridine rings is 1. The van der Waals surface area contributed by atoms with Crippen LogP contribution in [0.5, 0.6) is 0 Å². The van der Waals surface area contributed by atoms with Crippen molar-refractivity contribution in [1.82, 2.24) is 9.88 Å². The van der Waals surface area contributed by atoms with E-state index in [-0.39, 0.29) is 17.6 Å². The topological polar surface area (TPSA) is 79.7 Å². The third-order valence-corrected chi connectivity index (χ3v) is 3.23. The molecule has 0 aliphatic heterocycles. The van der Waals surface area contributed by atoms with Crippen molar-refractivity contribution in [3.8, 4) is 0 Å². The van der Waals surface area contributed by atoms with Gasteiger partial charge in [-0.15, -0.1) is 0 Å². The van der Waals surface area contributed by atoms with Gasteiger partial charge in [-0.05, 0) is 25.0 Å². The zero-order valence-electron chi connectivity index (χ0n) is 11.9. The number of nitrogens with zero attached hydrogens (tertiary/aromatic N) is 2. The molecule has 1 aliphatic carbocycles. The second-order valence-corrected chi connectivity index (χ2v) is 4.84. The van der Waals surface area contributed by atoms with Crippen molar-refractivity contribution in [1.29, 1.82) is 0 Å². The quantitative estimate of drug-likeness (QED) is 0.768. The Morgan fingerprint density at radius 3 is 2.90 bits per heavy atom. The van der Waals surface area contributed by atoms with Gasteiger partial charge < -0.3 is 14.7 Å². The average Bonchev–Trinajstić information content (AvgIpc) is 3.30. The Morgan fingerprint density at radius 1 is 1.52 bits per heavy atom. The SMILES string of the molecule is COCCN(C(=O)c1ncccc1/C=C/C(=O)O)C1CC1. The Balaban J connectivity index is 2.22. The molecule has 1 aromatic heterocycles. The molecule has 1 saturated carbocycles. The summed E-state index contributed by atoms with van der Waals surface area (Å²) in [6, 6.07) is 3.60. The van der Waals surface area contributed by atoms with E-state index in [1.54, 1.807) is 24.1 Å². The monoisotopic (exact) mass is 290 g/mol. The van der Waals surface area contributed by atoms with Gasteiger partial charge in [0.25, 0.3) is 5.91 Å². The molecular formula is C15H18N2O4. The van der Waals surface area contributed by atoms with Crippen LogP contribution < -0.4 is 0 Å². The van der Waals surface area contributed by atoms with Crippen molar-refractivity contribution in [3.63, 3.8) is 0 Å². The lowest BCUT2D eigenvalue weighted by Gasteiger charge is -2.22. The molecule has 1 aliphatic rings. The Labute approximate surface area is 123 Å². The first kappa shape index (κ1) is 15.2. The summed E-state index contributed by atoms with van der Waals surface area (Å²) in [5, 5.41) is 8.71. The number of carbonyl (C=O) groups excluding carboxylic acids is 1. The molecule has 0 spiro atoms. The molecule has 0 radical (unpaired) electrons. The van der Waals surface area contributed by atoms with Gasteiger partial charge in [0.15, 0.2) is 0 Å². The second-order valence-electron chi connectivity index (χ2n) is 4.84. The lowest BCUT2D eigenvalue weighted by molar-refractivity contribution is -0.131. The van der Waals surface area contributed by atoms with Gasteiger partial charge in [0.1, 0.15) is 5.69 Å². The van der Waals surface area contributed by atoms with Gasteiger partial charge in [-0.25, -0.2) is 4.79 Å². The summed E-state index contributed by atoms with van der Waals surface area (Å²) in [4.78, 5) is 29.1. The highest BCUT2D eigenvalue weighted by Gasteiger charge is 2.33. The number of carboxylic acids is 1. The van der Waals surface area contributed by atoms with E-state index in [1.165, 1.54) is 12.3 Å². The number of hydrogen-bond acceptors (Lipinski definition) is 4. The molecule has 1 N–H and O–H groups in total. The number of rotatable bonds is 7. The van der Waals surface area contributed by atoms with Crippen LogP contribution in [0.3, 0.4) is 0 Å². The normalized spacial score (nSPS) is 14.3. The van der Waals surface area contributed by atoms with Gasteiger partial charge in [-0.3, -0.25) is 9.78 Å². The van der Waals surface area contributed by atoms with Gasteiger partial charge in [-0.2, -0.15) is 0 Å². The van der Waals surface area contributed by atoms with E-state index < -0.39 is 5.97 Å². The third kappa shape index (κ3) is 4.13. The highest BCUT2D eigenvalue weighted by atomic mass is 16.5. The molecule has 0 atom stereocenters. The van der Waals surface area contributed by atoms with Crippen molar-refractivity contribution in [2.24, 2.45) is 0 Å². The predicted octanol–water partition coefficient (Wildman–Crippen LogP) is 1.43. The summed E-state index contributed by atoms with van der Waals surface area (Å²) in [7, 11) is 1.59. The zero-order valence-corrected chi connectivity index (χ0v) is 11.9. The van der Waals surface area contributed by atoms with Crippen LogP contribution in [0, 0.1) is 0 Å². The van der Waals surface area contributed by atoms with E-state index in [2.05, 4.69) is 4.98 Å². The minimum Gasteiger partial charge on any atom is -0.478 e. The highest BCUT2D eigenvalue weighted by molar-refractivity contribution is 5.97. The van der Waals surface area contributed by atoms with Gasteiger partial charge in [-0.1, -0.05) is 6.07 Å². The number of aromatic nitrogens is 1. The maximum absolute atomic E-state index is 12.6. The Morgan fingerprint density at radius 2 is 2.29 bits per heavy atom. The van der Waals surface area contributed by atoms with Crippen LogP contribution in [0.1, 0.15) is 28.9 Å². The molecule has 0 unspecified atom stereocenters. The molecule has 1 aromatic rings. The van der Waals surface area contributed by atoms with E-state index in [1.807, 2.05) is 0 Å². The highest BCUT2D eigenvalue weighted by Crippen LogP contribution is 2.28. The number of carbonyl (C=O) groups is 2. The maximum atomic E-state index is 12.6. The first-order valence-electron chi connectivity index (χ1n) is 6.79. The van der Waals surface area contributed by atoms with Crippen molar-refractivity contribution in [2.75, 3.05) is 20.3 Å². The summed E-state index contributed by atoms with van der Waals surface area (Å²) in [6.45, 7) is 0.980. The fraction of sp³-hybridized carbons (Fsp3) is 0.400. The number of amides is 1. The van der Waals surface area contributed by atoms with Crippen molar-refractivity contribution in [3.05, 3.63) is 35.7 Å². The third-order valence-electron chi connectivity index (χ3n) is 3.23. The van der Waals surface area contributed by atoms with Crippen LogP contribution >= 0.6 is 0 Å². The lowest BCUT2D eigenvalue weighted by atomic mass is 10.1. The second kappa shape index (κ2) is 6.99. The predicted molar refractivity (Wildman–Crippen MR) is 76.8 cm³/mol. The van der Waals surface area contributed by atoms with Gasteiger partial charge in [0.05, 0.1) is 6.61 Å². The maximum Gasteiger partial charge on any atom is 0.328 e. The average molecular weight is 290 g/mol. The molecule has 0 aromatic carbocycles. The number of methoxy groups -OCH3 is 1. The van der Waals surface area contributed by atoms with Crippen LogP contribution in [0.15, 0.2) is 24.4 Å². The zero-order chi connectivity index (χ0) is 15.2. The van der Waals surface area contributed by atoms with Gasteiger partial charge in [0.2, 0.25) is 0 Å². The largest absolute Gasteiger partial charge is 0.478 e. The Bertz CT molecular complexity index is 552. The number of aliphatic carboxylic acids is 1. The van der Waals surface area contributed by atoms with E-state index in [9.17, 15) is 9.59 Å². The Hall–Kier alpha value is -2.21. The fourth-order valence-electron chi connectivity index (χ4n) is 2.05. The van der Waals surface area contributed by atoms with E-state index in [4.69, 9.17) is 9.84 Å². The summed E-state index contributed by atoms with van der Waals surface area (Å²) in [5.74, 6) is -1.24. The van der Waals surface area contributed by atoms with Crippen LogP contribution in [0.25, 0.3) is 6.08 Å². The molecular weight excluding hydrogens is 272 g/mol. The number of carboxylic acid groups (broad SMARTS) is 1. The summed E-state index contributed by atoms with van der Waals surface area (Å²) < 4.78 is 5.04. The minimum atomic E-state index is -1.06. The van der Waals surface area contributed by atoms with Crippen LogP contribution in [0.2, 0.25) is 0 Å². The molecule has 0 saturated heterocycles. The van der Waals surface area contributed by atoms with Gasteiger partial charge >= 0.3 is 5.97 Å². The molecule has 2 rings (SSSR count). The molecule has 6 nitrogen and oxygen atoms in total.